The van der Waals surface area contributed by atoms with Gasteiger partial charge in [-0.25, -0.2) is 0 Å². The molecule has 1 aromatic rings. The van der Waals surface area contributed by atoms with Crippen LogP contribution in [0.25, 0.3) is 0 Å². The van der Waals surface area contributed by atoms with Crippen molar-refractivity contribution in [1.29, 1.82) is 0 Å². The van der Waals surface area contributed by atoms with Crippen LogP contribution in [0.3, 0.4) is 0 Å². The van der Waals surface area contributed by atoms with Crippen molar-refractivity contribution >= 4 is 0 Å². The molecule has 1 saturated heterocycles. The molecule has 100 valence electrons. The first kappa shape index (κ1) is 13.5. The summed E-state index contributed by atoms with van der Waals surface area (Å²) in [6, 6.07) is 8.33. The van der Waals surface area contributed by atoms with Gasteiger partial charge in [-0.3, -0.25) is 4.90 Å². The summed E-state index contributed by atoms with van der Waals surface area (Å²) in [4.78, 5) is 2.36. The van der Waals surface area contributed by atoms with Crippen LogP contribution in [0.1, 0.15) is 11.1 Å². The average Bonchev–Trinajstić information content (AvgIpc) is 2.81. The van der Waals surface area contributed by atoms with Gasteiger partial charge in [-0.15, -0.1) is 0 Å². The SMILES string of the molecule is COC1CN(Cc2ccccc2CN)CC1OC. The van der Waals surface area contributed by atoms with Gasteiger partial charge in [0.2, 0.25) is 0 Å². The first-order chi connectivity index (χ1) is 8.78. The summed E-state index contributed by atoms with van der Waals surface area (Å²) in [5.41, 5.74) is 8.28. The van der Waals surface area contributed by atoms with Crippen molar-refractivity contribution in [2.45, 2.75) is 25.3 Å². The van der Waals surface area contributed by atoms with Gasteiger partial charge in [0.1, 0.15) is 0 Å². The lowest BCUT2D eigenvalue weighted by atomic mass is 10.1. The van der Waals surface area contributed by atoms with E-state index in [0.29, 0.717) is 6.54 Å². The van der Waals surface area contributed by atoms with Gasteiger partial charge in [0, 0.05) is 40.4 Å². The van der Waals surface area contributed by atoms with Gasteiger partial charge in [0.25, 0.3) is 0 Å². The van der Waals surface area contributed by atoms with E-state index in [0.717, 1.165) is 19.6 Å². The van der Waals surface area contributed by atoms with Crippen LogP contribution in [0.4, 0.5) is 0 Å². The van der Waals surface area contributed by atoms with E-state index in [1.807, 2.05) is 6.07 Å². The fourth-order valence-corrected chi connectivity index (χ4v) is 2.55. The third kappa shape index (κ3) is 2.90. The van der Waals surface area contributed by atoms with E-state index in [2.05, 4.69) is 23.1 Å². The van der Waals surface area contributed by atoms with Crippen molar-refractivity contribution in [3.05, 3.63) is 35.4 Å². The monoisotopic (exact) mass is 250 g/mol. The smallest absolute Gasteiger partial charge is 0.0971 e. The fourth-order valence-electron chi connectivity index (χ4n) is 2.55. The predicted molar refractivity (Wildman–Crippen MR) is 71.2 cm³/mol. The van der Waals surface area contributed by atoms with Crippen LogP contribution in [0.5, 0.6) is 0 Å². The number of methoxy groups -OCH3 is 2. The number of nitrogens with zero attached hydrogens (tertiary/aromatic N) is 1. The average molecular weight is 250 g/mol. The zero-order valence-electron chi connectivity index (χ0n) is 11.1. The second-order valence-electron chi connectivity index (χ2n) is 4.72. The maximum Gasteiger partial charge on any atom is 0.0971 e. The van der Waals surface area contributed by atoms with E-state index in [4.69, 9.17) is 15.2 Å². The highest BCUT2D eigenvalue weighted by Gasteiger charge is 2.32. The zero-order valence-corrected chi connectivity index (χ0v) is 11.1. The summed E-state index contributed by atoms with van der Waals surface area (Å²) in [6.45, 7) is 3.32. The molecule has 1 aliphatic heterocycles. The Kier molecular flexibility index (Phi) is 4.72. The Labute approximate surface area is 109 Å². The highest BCUT2D eigenvalue weighted by Crippen LogP contribution is 2.19. The summed E-state index contributed by atoms with van der Waals surface area (Å²) in [5.74, 6) is 0. The summed E-state index contributed by atoms with van der Waals surface area (Å²) < 4.78 is 10.9. The van der Waals surface area contributed by atoms with Crippen molar-refractivity contribution in [3.63, 3.8) is 0 Å². The number of nitrogens with two attached hydrogens (primary N) is 1. The van der Waals surface area contributed by atoms with Gasteiger partial charge in [0.15, 0.2) is 0 Å². The maximum atomic E-state index is 5.76. The summed E-state index contributed by atoms with van der Waals surface area (Å²) in [5, 5.41) is 0. The summed E-state index contributed by atoms with van der Waals surface area (Å²) in [7, 11) is 3.49. The van der Waals surface area contributed by atoms with E-state index in [1.54, 1.807) is 14.2 Å². The van der Waals surface area contributed by atoms with Crippen LogP contribution in [0.2, 0.25) is 0 Å². The van der Waals surface area contributed by atoms with E-state index < -0.39 is 0 Å². The summed E-state index contributed by atoms with van der Waals surface area (Å²) in [6.07, 6.45) is 0.333. The normalized spacial score (nSPS) is 24.6. The molecule has 4 nitrogen and oxygen atoms in total. The first-order valence-electron chi connectivity index (χ1n) is 6.33. The molecule has 2 N–H and O–H groups in total. The van der Waals surface area contributed by atoms with Crippen LogP contribution in [0.15, 0.2) is 24.3 Å². The molecule has 0 saturated carbocycles. The minimum Gasteiger partial charge on any atom is -0.377 e. The Bertz CT molecular complexity index is 372. The lowest BCUT2D eigenvalue weighted by Gasteiger charge is -2.17. The standard InChI is InChI=1S/C14H22N2O2/c1-17-13-9-16(10-14(13)18-2)8-12-6-4-3-5-11(12)7-15/h3-6,13-14H,7-10,15H2,1-2H3. The number of hydrogen-bond donors (Lipinski definition) is 1. The highest BCUT2D eigenvalue weighted by molar-refractivity contribution is 5.27. The van der Waals surface area contributed by atoms with E-state index in [-0.39, 0.29) is 12.2 Å². The van der Waals surface area contributed by atoms with Crippen molar-refractivity contribution in [2.75, 3.05) is 27.3 Å². The number of hydrogen-bond acceptors (Lipinski definition) is 4. The van der Waals surface area contributed by atoms with Crippen LogP contribution in [-0.4, -0.2) is 44.4 Å². The number of rotatable bonds is 5. The Hall–Kier alpha value is -0.940. The molecule has 2 unspecified atom stereocenters. The zero-order chi connectivity index (χ0) is 13.0. The summed E-state index contributed by atoms with van der Waals surface area (Å²) >= 11 is 0. The topological polar surface area (TPSA) is 47.7 Å². The van der Waals surface area contributed by atoms with Gasteiger partial charge in [-0.1, -0.05) is 24.3 Å². The Balaban J connectivity index is 2.02. The molecular formula is C14H22N2O2. The molecule has 1 heterocycles. The Morgan fingerprint density at radius 1 is 1.11 bits per heavy atom. The third-order valence-corrected chi connectivity index (χ3v) is 3.63. The highest BCUT2D eigenvalue weighted by atomic mass is 16.5. The van der Waals surface area contributed by atoms with Gasteiger partial charge >= 0.3 is 0 Å². The molecule has 0 spiro atoms. The molecular weight excluding hydrogens is 228 g/mol. The minimum atomic E-state index is 0.167. The molecule has 0 amide bonds. The van der Waals surface area contributed by atoms with Gasteiger partial charge in [0.05, 0.1) is 12.2 Å². The van der Waals surface area contributed by atoms with E-state index in [1.165, 1.54) is 11.1 Å². The van der Waals surface area contributed by atoms with Gasteiger partial charge in [-0.05, 0) is 11.1 Å². The largest absolute Gasteiger partial charge is 0.377 e. The molecule has 1 aromatic carbocycles. The lowest BCUT2D eigenvalue weighted by molar-refractivity contribution is -0.00461. The van der Waals surface area contributed by atoms with Gasteiger partial charge < -0.3 is 15.2 Å². The molecule has 2 rings (SSSR count). The molecule has 18 heavy (non-hydrogen) atoms. The molecule has 1 aliphatic rings. The number of ether oxygens (including phenoxy) is 2. The Morgan fingerprint density at radius 2 is 1.67 bits per heavy atom. The molecule has 0 aliphatic carbocycles. The van der Waals surface area contributed by atoms with Crippen molar-refractivity contribution < 1.29 is 9.47 Å². The van der Waals surface area contributed by atoms with Gasteiger partial charge in [-0.2, -0.15) is 0 Å². The Morgan fingerprint density at radius 3 is 2.17 bits per heavy atom. The quantitative estimate of drug-likeness (QED) is 0.846. The predicted octanol–water partition coefficient (Wildman–Crippen LogP) is 0.991. The van der Waals surface area contributed by atoms with Crippen LogP contribution < -0.4 is 5.73 Å². The fraction of sp³-hybridized carbons (Fsp3) is 0.571. The van der Waals surface area contributed by atoms with E-state index >= 15 is 0 Å². The third-order valence-electron chi connectivity index (χ3n) is 3.63. The van der Waals surface area contributed by atoms with Crippen molar-refractivity contribution in [1.82, 2.24) is 4.90 Å². The lowest BCUT2D eigenvalue weighted by Crippen LogP contribution is -2.27. The van der Waals surface area contributed by atoms with Crippen molar-refractivity contribution in [2.24, 2.45) is 5.73 Å². The molecule has 1 fully saturated rings. The van der Waals surface area contributed by atoms with Crippen LogP contribution in [0, 0.1) is 0 Å². The molecule has 0 bridgehead atoms. The first-order valence-corrected chi connectivity index (χ1v) is 6.33. The van der Waals surface area contributed by atoms with Crippen molar-refractivity contribution in [3.8, 4) is 0 Å². The maximum absolute atomic E-state index is 5.76. The van der Waals surface area contributed by atoms with E-state index in [9.17, 15) is 0 Å². The molecule has 4 heteroatoms. The van der Waals surface area contributed by atoms with Crippen LogP contribution >= 0.6 is 0 Å². The second kappa shape index (κ2) is 6.29. The second-order valence-corrected chi connectivity index (χ2v) is 4.72. The molecule has 0 radical (unpaired) electrons. The molecule has 0 aromatic heterocycles. The number of benzene rings is 1. The molecule has 2 atom stereocenters. The minimum absolute atomic E-state index is 0.167. The number of likely N-dealkylation sites (tertiary alicyclic amines) is 1. The van der Waals surface area contributed by atoms with Crippen LogP contribution in [-0.2, 0) is 22.6 Å².